The maximum atomic E-state index is 11.7. The van der Waals surface area contributed by atoms with E-state index in [2.05, 4.69) is 39.1 Å². The number of nitrogens with one attached hydrogen (secondary N) is 1. The number of aromatic nitrogens is 3. The fourth-order valence-corrected chi connectivity index (χ4v) is 4.43. The number of hydrogen-bond donors (Lipinski definition) is 1. The summed E-state index contributed by atoms with van der Waals surface area (Å²) in [5.74, 6) is 1.82. The van der Waals surface area contributed by atoms with Crippen molar-refractivity contribution in [3.63, 3.8) is 0 Å². The average molecular weight is 412 g/mol. The van der Waals surface area contributed by atoms with Crippen LogP contribution in [0.1, 0.15) is 19.8 Å². The Morgan fingerprint density at radius 2 is 1.93 bits per heavy atom. The molecule has 2 aromatic heterocycles. The minimum atomic E-state index is -0.913. The fourth-order valence-electron chi connectivity index (χ4n) is 3.75. The van der Waals surface area contributed by atoms with Crippen LogP contribution in [-0.4, -0.2) is 61.7 Å². The van der Waals surface area contributed by atoms with Crippen LogP contribution >= 0.6 is 0 Å². The summed E-state index contributed by atoms with van der Waals surface area (Å²) in [6.07, 6.45) is 5.78. The van der Waals surface area contributed by atoms with Crippen molar-refractivity contribution < 1.29 is 8.95 Å². The predicted octanol–water partition coefficient (Wildman–Crippen LogP) is 2.97. The third kappa shape index (κ3) is 3.74. The van der Waals surface area contributed by atoms with Crippen LogP contribution in [-0.2, 0) is 11.0 Å². The summed E-state index contributed by atoms with van der Waals surface area (Å²) in [6.45, 7) is 5.33. The first-order chi connectivity index (χ1) is 14.0. The van der Waals surface area contributed by atoms with Crippen LogP contribution in [0.3, 0.4) is 0 Å². The van der Waals surface area contributed by atoms with E-state index in [4.69, 9.17) is 4.74 Å². The Hall–Kier alpha value is -2.45. The number of benzene rings is 1. The van der Waals surface area contributed by atoms with E-state index >= 15 is 0 Å². The van der Waals surface area contributed by atoms with Gasteiger partial charge in [-0.15, -0.1) is 0 Å². The van der Waals surface area contributed by atoms with Gasteiger partial charge in [0.15, 0.2) is 0 Å². The van der Waals surface area contributed by atoms with Gasteiger partial charge < -0.3 is 9.64 Å². The molecule has 152 valence electrons. The van der Waals surface area contributed by atoms with E-state index in [1.54, 1.807) is 6.26 Å². The summed E-state index contributed by atoms with van der Waals surface area (Å²) in [5, 5.41) is 8.75. The number of fused-ring (bicyclic) bond motifs is 1. The van der Waals surface area contributed by atoms with Gasteiger partial charge in [0.05, 0.1) is 16.5 Å². The number of aromatic amines is 1. The monoisotopic (exact) mass is 411 g/mol. The van der Waals surface area contributed by atoms with E-state index in [1.807, 2.05) is 28.7 Å². The zero-order valence-corrected chi connectivity index (χ0v) is 17.5. The summed E-state index contributed by atoms with van der Waals surface area (Å²) < 4.78 is 19.8. The third-order valence-electron chi connectivity index (χ3n) is 5.80. The number of anilines is 1. The molecule has 0 bridgehead atoms. The zero-order valence-electron chi connectivity index (χ0n) is 16.7. The van der Waals surface area contributed by atoms with E-state index in [0.717, 1.165) is 72.7 Å². The van der Waals surface area contributed by atoms with Crippen LogP contribution < -0.4 is 9.64 Å². The van der Waals surface area contributed by atoms with Gasteiger partial charge >= 0.3 is 0 Å². The second kappa shape index (κ2) is 7.11. The molecular weight excluding hydrogens is 386 g/mol. The summed E-state index contributed by atoms with van der Waals surface area (Å²) >= 11 is 0. The van der Waals surface area contributed by atoms with Crippen molar-refractivity contribution in [1.82, 2.24) is 19.5 Å². The maximum Gasteiger partial charge on any atom is 0.129 e. The molecule has 8 heteroatoms. The molecule has 29 heavy (non-hydrogen) atoms. The molecule has 7 nitrogen and oxygen atoms in total. The van der Waals surface area contributed by atoms with E-state index in [0.29, 0.717) is 0 Å². The maximum absolute atomic E-state index is 11.7. The SMILES string of the molecule is CS(=O)N1CCN(c2cc(-c3n[nH]c4ccc(OC5(C)CC5)cc34)ccn2)CC1. The molecule has 1 N–H and O–H groups in total. The molecule has 1 aliphatic heterocycles. The molecule has 0 spiro atoms. The standard InChI is InChI=1S/C21H25N5O2S/c1-21(6-7-21)28-16-3-4-18-17(14-16)20(24-23-18)15-5-8-22-19(13-15)25-9-11-26(12-10-25)29(2)27/h3-5,8,13-14H,6-7,9-12H2,1-2H3,(H,23,24). The van der Waals surface area contributed by atoms with Crippen molar-refractivity contribution in [2.75, 3.05) is 37.3 Å². The average Bonchev–Trinajstić information content (AvgIpc) is 3.31. The molecular formula is C21H25N5O2S. The molecule has 3 heterocycles. The van der Waals surface area contributed by atoms with Gasteiger partial charge in [-0.25, -0.2) is 13.5 Å². The first-order valence-electron chi connectivity index (χ1n) is 9.98. The van der Waals surface area contributed by atoms with Gasteiger partial charge in [0.2, 0.25) is 0 Å². The second-order valence-corrected chi connectivity index (χ2v) is 9.44. The highest BCUT2D eigenvalue weighted by Gasteiger charge is 2.40. The Morgan fingerprint density at radius 1 is 1.14 bits per heavy atom. The molecule has 1 aliphatic carbocycles. The first-order valence-corrected chi connectivity index (χ1v) is 11.5. The normalized spacial score (nSPS) is 20.0. The molecule has 1 unspecified atom stereocenters. The van der Waals surface area contributed by atoms with Gasteiger partial charge in [0, 0.05) is 49.6 Å². The van der Waals surface area contributed by atoms with Crippen LogP contribution in [0, 0.1) is 0 Å². The number of ether oxygens (including phenoxy) is 1. The van der Waals surface area contributed by atoms with Crippen LogP contribution in [0.25, 0.3) is 22.2 Å². The molecule has 2 aliphatic rings. The molecule has 0 amide bonds. The zero-order chi connectivity index (χ0) is 20.0. The molecule has 1 atom stereocenters. The van der Waals surface area contributed by atoms with Crippen LogP contribution in [0.2, 0.25) is 0 Å². The summed E-state index contributed by atoms with van der Waals surface area (Å²) in [4.78, 5) is 6.81. The highest BCUT2D eigenvalue weighted by atomic mass is 32.2. The Morgan fingerprint density at radius 3 is 2.66 bits per heavy atom. The first kappa shape index (κ1) is 18.6. The van der Waals surface area contributed by atoms with Crippen molar-refractivity contribution in [3.8, 4) is 17.0 Å². The fraction of sp³-hybridized carbons (Fsp3) is 0.429. The van der Waals surface area contributed by atoms with E-state index in [9.17, 15) is 4.21 Å². The molecule has 1 saturated heterocycles. The predicted molar refractivity (Wildman–Crippen MR) is 115 cm³/mol. The highest BCUT2D eigenvalue weighted by Crippen LogP contribution is 2.40. The topological polar surface area (TPSA) is 74.4 Å². The Balaban J connectivity index is 1.42. The molecule has 0 radical (unpaired) electrons. The van der Waals surface area contributed by atoms with Gasteiger partial charge in [-0.2, -0.15) is 5.10 Å². The number of nitrogens with zero attached hydrogens (tertiary/aromatic N) is 4. The quantitative estimate of drug-likeness (QED) is 0.699. The van der Waals surface area contributed by atoms with Crippen molar-refractivity contribution >= 4 is 27.7 Å². The number of rotatable bonds is 5. The highest BCUT2D eigenvalue weighted by molar-refractivity contribution is 7.81. The Kier molecular flexibility index (Phi) is 4.55. The molecule has 1 saturated carbocycles. The molecule has 2 fully saturated rings. The molecule has 3 aromatic rings. The largest absolute Gasteiger partial charge is 0.488 e. The third-order valence-corrected chi connectivity index (χ3v) is 6.89. The Labute approximate surface area is 172 Å². The lowest BCUT2D eigenvalue weighted by molar-refractivity contribution is 0.200. The number of H-pyrrole nitrogens is 1. The lowest BCUT2D eigenvalue weighted by Crippen LogP contribution is -2.47. The van der Waals surface area contributed by atoms with Crippen molar-refractivity contribution in [1.29, 1.82) is 0 Å². The van der Waals surface area contributed by atoms with Crippen molar-refractivity contribution in [2.45, 2.75) is 25.4 Å². The smallest absolute Gasteiger partial charge is 0.129 e. The number of pyridine rings is 1. The summed E-state index contributed by atoms with van der Waals surface area (Å²) in [7, 11) is -0.913. The summed E-state index contributed by atoms with van der Waals surface area (Å²) in [6, 6.07) is 10.2. The Bertz CT molecular complexity index is 1070. The molecule has 1 aromatic carbocycles. The lowest BCUT2D eigenvalue weighted by Gasteiger charge is -2.33. The number of piperazine rings is 1. The number of hydrogen-bond acceptors (Lipinski definition) is 5. The van der Waals surface area contributed by atoms with Gasteiger partial charge in [-0.1, -0.05) is 0 Å². The molecule has 5 rings (SSSR count). The van der Waals surface area contributed by atoms with E-state index in [1.165, 1.54) is 0 Å². The van der Waals surface area contributed by atoms with E-state index < -0.39 is 11.0 Å². The van der Waals surface area contributed by atoms with Gasteiger partial charge in [0.25, 0.3) is 0 Å². The minimum absolute atomic E-state index is 0.00822. The minimum Gasteiger partial charge on any atom is -0.488 e. The van der Waals surface area contributed by atoms with Crippen LogP contribution in [0.15, 0.2) is 36.5 Å². The second-order valence-electron chi connectivity index (χ2n) is 8.07. The van der Waals surface area contributed by atoms with E-state index in [-0.39, 0.29) is 5.60 Å². The van der Waals surface area contributed by atoms with Crippen molar-refractivity contribution in [3.05, 3.63) is 36.5 Å². The van der Waals surface area contributed by atoms with Crippen LogP contribution in [0.5, 0.6) is 5.75 Å². The van der Waals surface area contributed by atoms with Crippen LogP contribution in [0.4, 0.5) is 5.82 Å². The van der Waals surface area contributed by atoms with Crippen molar-refractivity contribution in [2.24, 2.45) is 0 Å². The van der Waals surface area contributed by atoms with Gasteiger partial charge in [-0.05, 0) is 50.1 Å². The van der Waals surface area contributed by atoms with Gasteiger partial charge in [0.1, 0.15) is 22.9 Å². The van der Waals surface area contributed by atoms with Gasteiger partial charge in [-0.3, -0.25) is 5.10 Å². The summed E-state index contributed by atoms with van der Waals surface area (Å²) in [5.41, 5.74) is 2.91. The lowest BCUT2D eigenvalue weighted by atomic mass is 10.1.